The van der Waals surface area contributed by atoms with Crippen LogP contribution in [-0.2, 0) is 26.0 Å². The van der Waals surface area contributed by atoms with Crippen LogP contribution in [0.3, 0.4) is 0 Å². The maximum atomic E-state index is 11.0. The maximum absolute atomic E-state index is 11.0. The van der Waals surface area contributed by atoms with E-state index in [1.54, 1.807) is 6.20 Å². The topological polar surface area (TPSA) is 239 Å². The molecule has 0 aromatic carbocycles. The summed E-state index contributed by atoms with van der Waals surface area (Å²) in [6, 6.07) is 0. The Bertz CT molecular complexity index is 1200. The summed E-state index contributed by atoms with van der Waals surface area (Å²) < 4.78 is 2.42. The number of nitro groups is 2. The van der Waals surface area contributed by atoms with E-state index in [0.29, 0.717) is 26.6 Å². The SMILES string of the molecule is O=C([O-])[O-].O=[N+]([O-])c1nccn1CC(O)CN1C=CN(CN2C=CN(CC(O)n3ccnc3[N+](=O)[O-])C2)C1.[I-].[I-].[Rh]. The zero-order valence-corrected chi connectivity index (χ0v) is 26.8. The van der Waals surface area contributed by atoms with Gasteiger partial charge in [0.05, 0.1) is 33.1 Å². The van der Waals surface area contributed by atoms with Crippen molar-refractivity contribution in [2.45, 2.75) is 18.9 Å². The average Bonchev–Trinajstić information content (AvgIpc) is 3.61. The number of aliphatic hydroxyl groups is 2. The molecule has 2 aromatic heterocycles. The molecule has 2 aliphatic heterocycles. The Morgan fingerprint density at radius 3 is 1.83 bits per heavy atom. The molecule has 2 atom stereocenters. The molecule has 2 aromatic rings. The van der Waals surface area contributed by atoms with E-state index in [9.17, 15) is 30.4 Å². The van der Waals surface area contributed by atoms with Crippen LogP contribution in [0.25, 0.3) is 0 Å². The minimum Gasteiger partial charge on any atom is -1.00 e. The van der Waals surface area contributed by atoms with Crippen molar-refractivity contribution in [3.8, 4) is 0 Å². The molecular weight excluding hydrogens is 869 g/mol. The van der Waals surface area contributed by atoms with Gasteiger partial charge in [-0.2, -0.15) is 0 Å². The van der Waals surface area contributed by atoms with Gasteiger partial charge in [-0.3, -0.25) is 0 Å². The molecule has 0 amide bonds. The van der Waals surface area contributed by atoms with Crippen LogP contribution in [-0.4, -0.2) is 104 Å². The van der Waals surface area contributed by atoms with Gasteiger partial charge in [0.25, 0.3) is 0 Å². The van der Waals surface area contributed by atoms with Crippen molar-refractivity contribution in [1.82, 2.24) is 38.7 Å². The van der Waals surface area contributed by atoms with E-state index in [-0.39, 0.29) is 86.5 Å². The monoisotopic (exact) mass is 893 g/mol. The second kappa shape index (κ2) is 17.9. The molecule has 2 aliphatic rings. The quantitative estimate of drug-likeness (QED) is 0.0923. The summed E-state index contributed by atoms with van der Waals surface area (Å²) in [5, 5.41) is 59.3. The molecule has 231 valence electrons. The first kappa shape index (κ1) is 38.2. The number of carboxylic acid groups (broad SMARTS) is 2. The van der Waals surface area contributed by atoms with Crippen molar-refractivity contribution in [2.75, 3.05) is 33.1 Å². The average molecular weight is 893 g/mol. The van der Waals surface area contributed by atoms with Crippen LogP contribution in [0.2, 0.25) is 0 Å². The van der Waals surface area contributed by atoms with Crippen molar-refractivity contribution in [3.05, 3.63) is 69.8 Å². The molecule has 0 fully saturated rings. The van der Waals surface area contributed by atoms with Crippen LogP contribution < -0.4 is 58.2 Å². The number of halogens is 2. The molecule has 0 aliphatic carbocycles. The van der Waals surface area contributed by atoms with E-state index < -0.39 is 34.3 Å². The van der Waals surface area contributed by atoms with Gasteiger partial charge in [-0.05, 0) is 16.0 Å². The zero-order chi connectivity index (χ0) is 27.8. The van der Waals surface area contributed by atoms with Gasteiger partial charge in [0, 0.05) is 50.8 Å². The first-order valence-corrected chi connectivity index (χ1v) is 10.9. The van der Waals surface area contributed by atoms with E-state index in [2.05, 4.69) is 9.97 Å². The molecule has 41 heavy (non-hydrogen) atoms. The predicted molar refractivity (Wildman–Crippen MR) is 120 cm³/mol. The Morgan fingerprint density at radius 1 is 0.829 bits per heavy atom. The summed E-state index contributed by atoms with van der Waals surface area (Å²) in [5.41, 5.74) is 0. The first-order chi connectivity index (χ1) is 18.0. The number of rotatable bonds is 11. The van der Waals surface area contributed by atoms with E-state index in [0.717, 1.165) is 4.57 Å². The third-order valence-electron chi connectivity index (χ3n) is 5.31. The van der Waals surface area contributed by atoms with Crippen molar-refractivity contribution in [2.24, 2.45) is 0 Å². The molecule has 4 heterocycles. The largest absolute Gasteiger partial charge is 1.00 e. The number of carbonyl (C=O) groups is 1. The summed E-state index contributed by atoms with van der Waals surface area (Å²) in [4.78, 5) is 44.1. The third-order valence-corrected chi connectivity index (χ3v) is 5.31. The van der Waals surface area contributed by atoms with Crippen LogP contribution in [0.5, 0.6) is 0 Å². The van der Waals surface area contributed by atoms with Gasteiger partial charge in [-0.15, -0.1) is 0 Å². The van der Waals surface area contributed by atoms with Crippen LogP contribution in [0.15, 0.2) is 49.6 Å². The van der Waals surface area contributed by atoms with Gasteiger partial charge in [-0.1, -0.05) is 9.97 Å². The number of carbonyl (C=O) groups excluding carboxylic acids is 1. The van der Waals surface area contributed by atoms with Crippen molar-refractivity contribution >= 4 is 18.1 Å². The second-order valence-electron chi connectivity index (χ2n) is 8.15. The number of imidazole rings is 2. The van der Waals surface area contributed by atoms with Crippen LogP contribution >= 0.6 is 0 Å². The first-order valence-electron chi connectivity index (χ1n) is 10.9. The van der Waals surface area contributed by atoms with Gasteiger partial charge in [-0.25, -0.2) is 9.13 Å². The minimum atomic E-state index is -2.33. The van der Waals surface area contributed by atoms with Crippen LogP contribution in [0.1, 0.15) is 6.23 Å². The number of β-amino-alcohol motifs (C(OH)–C–C–N with tert-alkyl or cyclic N) is 2. The zero-order valence-electron chi connectivity index (χ0n) is 20.8. The second-order valence-corrected chi connectivity index (χ2v) is 8.15. The van der Waals surface area contributed by atoms with Crippen LogP contribution in [0.4, 0.5) is 16.7 Å². The molecule has 2 N–H and O–H groups in total. The molecule has 22 heteroatoms. The number of hydrogen-bond acceptors (Lipinski definition) is 15. The Labute approximate surface area is 279 Å². The number of nitrogens with zero attached hydrogens (tertiary/aromatic N) is 10. The Morgan fingerprint density at radius 2 is 1.29 bits per heavy atom. The molecule has 0 spiro atoms. The van der Waals surface area contributed by atoms with E-state index in [1.807, 2.05) is 38.2 Å². The third kappa shape index (κ3) is 11.5. The normalized spacial score (nSPS) is 14.8. The summed E-state index contributed by atoms with van der Waals surface area (Å²) in [7, 11) is 0. The fraction of sp³-hybridized carbons (Fsp3) is 0.421. The number of aromatic nitrogens is 4. The molecule has 19 nitrogen and oxygen atoms in total. The van der Waals surface area contributed by atoms with Gasteiger partial charge in [0.15, 0.2) is 6.23 Å². The van der Waals surface area contributed by atoms with Crippen molar-refractivity contribution in [3.63, 3.8) is 0 Å². The van der Waals surface area contributed by atoms with Crippen molar-refractivity contribution in [1.29, 1.82) is 0 Å². The van der Waals surface area contributed by atoms with Crippen LogP contribution in [0, 0.1) is 20.2 Å². The standard InChI is InChI=1S/C18H24N10O6.CH2O3.2HI.Rh/c29-15(10-25-3-1-19-17(25)27(31)32)9-21-5-7-23(12-21)14-24-8-6-22(13-24)11-16(30)26-4-2-20-18(26)28(33)34;2-1(3)4;;;/h1-8,15-16,29-30H,9-14H2;(H2,2,3,4);2*1H;/p-4. The smallest absolute Gasteiger partial charge is 0.436 e. The summed E-state index contributed by atoms with van der Waals surface area (Å²) in [5.74, 6) is -0.726. The molecule has 1 radical (unpaired) electrons. The summed E-state index contributed by atoms with van der Waals surface area (Å²) in [6.45, 7) is 2.05. The molecular formula is C19H24I2N10O9Rh-4. The van der Waals surface area contributed by atoms with Crippen molar-refractivity contribution < 1.29 is 102 Å². The minimum absolute atomic E-state index is 0. The van der Waals surface area contributed by atoms with E-state index in [1.165, 1.54) is 29.4 Å². The van der Waals surface area contributed by atoms with E-state index in [4.69, 9.17) is 15.0 Å². The maximum Gasteiger partial charge on any atom is 0.436 e. The fourth-order valence-electron chi connectivity index (χ4n) is 3.83. The van der Waals surface area contributed by atoms with Gasteiger partial charge >= 0.3 is 11.9 Å². The molecule has 0 saturated carbocycles. The van der Waals surface area contributed by atoms with E-state index >= 15 is 0 Å². The van der Waals surface area contributed by atoms with Gasteiger partial charge in [0.2, 0.25) is 0 Å². The summed E-state index contributed by atoms with van der Waals surface area (Å²) in [6.07, 6.45) is 8.51. The summed E-state index contributed by atoms with van der Waals surface area (Å²) >= 11 is 0. The molecule has 2 unspecified atom stereocenters. The predicted octanol–water partition coefficient (Wildman–Crippen LogP) is -8.94. The molecule has 0 bridgehead atoms. The Balaban J connectivity index is 0.00000215. The number of aliphatic hydroxyl groups excluding tert-OH is 2. The molecule has 0 saturated heterocycles. The Hall–Kier alpha value is -2.83. The van der Waals surface area contributed by atoms with Gasteiger partial charge < -0.3 is 113 Å². The fourth-order valence-corrected chi connectivity index (χ4v) is 3.83. The van der Waals surface area contributed by atoms with Gasteiger partial charge in [0.1, 0.15) is 30.9 Å². The number of hydrogen-bond donors (Lipinski definition) is 2. The Kier molecular flexibility index (Phi) is 16.6. The molecule has 4 rings (SSSR count).